The fourth-order valence-corrected chi connectivity index (χ4v) is 5.00. The Kier molecular flexibility index (Phi) is 8.83. The van der Waals surface area contributed by atoms with Crippen molar-refractivity contribution in [3.05, 3.63) is 108 Å². The van der Waals surface area contributed by atoms with Crippen LogP contribution >= 0.6 is 0 Å². The van der Waals surface area contributed by atoms with Crippen molar-refractivity contribution in [3.63, 3.8) is 0 Å². The molecule has 1 saturated heterocycles. The summed E-state index contributed by atoms with van der Waals surface area (Å²) in [6, 6.07) is 29.6. The molecule has 6 heteroatoms. The van der Waals surface area contributed by atoms with E-state index >= 15 is 0 Å². The number of hydrogen-bond acceptors (Lipinski definition) is 3. The lowest BCUT2D eigenvalue weighted by Crippen LogP contribution is -2.64. The van der Waals surface area contributed by atoms with Gasteiger partial charge in [0.05, 0.1) is 11.6 Å². The summed E-state index contributed by atoms with van der Waals surface area (Å²) >= 11 is 0. The average molecular weight is 500 g/mol. The number of piperazine rings is 1. The summed E-state index contributed by atoms with van der Waals surface area (Å²) in [4.78, 5) is 30.2. The number of benzene rings is 3. The second-order valence-electron chi connectivity index (χ2n) is 10.2. The molecule has 0 aromatic heterocycles. The van der Waals surface area contributed by atoms with Crippen molar-refractivity contribution in [2.45, 2.75) is 51.3 Å². The van der Waals surface area contributed by atoms with Crippen molar-refractivity contribution in [2.24, 2.45) is 0 Å². The summed E-state index contributed by atoms with van der Waals surface area (Å²) in [6.07, 6.45) is 2.55. The zero-order valence-electron chi connectivity index (χ0n) is 21.8. The van der Waals surface area contributed by atoms with E-state index in [1.807, 2.05) is 85.5 Å². The third kappa shape index (κ3) is 7.13. The average Bonchev–Trinajstić information content (AvgIpc) is 2.92. The Bertz CT molecular complexity index is 1140. The van der Waals surface area contributed by atoms with Crippen LogP contribution in [-0.2, 0) is 17.8 Å². The van der Waals surface area contributed by atoms with Crippen LogP contribution in [0.25, 0.3) is 0 Å². The first-order valence-corrected chi connectivity index (χ1v) is 13.1. The normalized spacial score (nSPS) is 16.8. The summed E-state index contributed by atoms with van der Waals surface area (Å²) in [7, 11) is 0. The van der Waals surface area contributed by atoms with Gasteiger partial charge in [0.1, 0.15) is 6.61 Å². The molecule has 0 aliphatic carbocycles. The van der Waals surface area contributed by atoms with Crippen LogP contribution in [0.15, 0.2) is 91.0 Å². The Hall–Kier alpha value is -3.80. The molecule has 1 atom stereocenters. The molecule has 1 aliphatic heterocycles. The van der Waals surface area contributed by atoms with Gasteiger partial charge in [0.2, 0.25) is 0 Å². The Morgan fingerprint density at radius 3 is 2.11 bits per heavy atom. The number of hydrogen-bond donors (Lipinski definition) is 1. The smallest absolute Gasteiger partial charge is 0.410 e. The minimum absolute atomic E-state index is 0.101. The molecular formula is C31H37N3O3. The minimum atomic E-state index is -0.585. The molecule has 1 unspecified atom stereocenters. The van der Waals surface area contributed by atoms with Crippen LogP contribution in [0.1, 0.15) is 49.4 Å². The molecule has 37 heavy (non-hydrogen) atoms. The number of ether oxygens (including phenoxy) is 1. The monoisotopic (exact) mass is 499 g/mol. The molecule has 1 aliphatic rings. The first kappa shape index (κ1) is 26.3. The molecule has 1 fully saturated rings. The SMILES string of the molecule is CC1(C)CN(C(=O)OCc2ccccc2)CC(c2ccccc2)N1C(=O)NCCCCc1ccccc1. The lowest BCUT2D eigenvalue weighted by atomic mass is 9.91. The molecule has 3 amide bonds. The Balaban J connectivity index is 1.40. The topological polar surface area (TPSA) is 61.9 Å². The fourth-order valence-electron chi connectivity index (χ4n) is 5.00. The molecule has 1 N–H and O–H groups in total. The molecule has 4 rings (SSSR count). The highest BCUT2D eigenvalue weighted by Gasteiger charge is 2.45. The number of amides is 3. The first-order valence-electron chi connectivity index (χ1n) is 13.1. The number of unbranched alkanes of at least 4 members (excludes halogenated alkanes) is 1. The Morgan fingerprint density at radius 2 is 1.46 bits per heavy atom. The van der Waals surface area contributed by atoms with Gasteiger partial charge in [-0.1, -0.05) is 91.0 Å². The first-order chi connectivity index (χ1) is 17.9. The van der Waals surface area contributed by atoms with Gasteiger partial charge in [0, 0.05) is 19.6 Å². The van der Waals surface area contributed by atoms with E-state index in [1.165, 1.54) is 5.56 Å². The largest absolute Gasteiger partial charge is 0.445 e. The number of aryl methyl sites for hydroxylation is 1. The van der Waals surface area contributed by atoms with Crippen LogP contribution in [-0.4, -0.2) is 47.1 Å². The molecule has 1 heterocycles. The van der Waals surface area contributed by atoms with Crippen molar-refractivity contribution in [1.82, 2.24) is 15.1 Å². The third-order valence-electron chi connectivity index (χ3n) is 6.81. The molecule has 6 nitrogen and oxygen atoms in total. The summed E-state index contributed by atoms with van der Waals surface area (Å²) < 4.78 is 5.64. The Morgan fingerprint density at radius 1 is 0.865 bits per heavy atom. The molecule has 3 aromatic rings. The molecule has 0 saturated carbocycles. The van der Waals surface area contributed by atoms with E-state index in [9.17, 15) is 9.59 Å². The van der Waals surface area contributed by atoms with Crippen LogP contribution in [0.5, 0.6) is 0 Å². The summed E-state index contributed by atoms with van der Waals surface area (Å²) in [6.45, 7) is 5.62. The number of nitrogens with one attached hydrogen (secondary N) is 1. The molecule has 0 radical (unpaired) electrons. The minimum Gasteiger partial charge on any atom is -0.445 e. The number of nitrogens with zero attached hydrogens (tertiary/aromatic N) is 2. The van der Waals surface area contributed by atoms with Crippen molar-refractivity contribution in [2.75, 3.05) is 19.6 Å². The van der Waals surface area contributed by atoms with Gasteiger partial charge in [0.15, 0.2) is 0 Å². The van der Waals surface area contributed by atoms with Gasteiger partial charge in [0.25, 0.3) is 0 Å². The highest BCUT2D eigenvalue weighted by molar-refractivity contribution is 5.77. The molecule has 0 spiro atoms. The van der Waals surface area contributed by atoms with Crippen molar-refractivity contribution < 1.29 is 14.3 Å². The van der Waals surface area contributed by atoms with E-state index < -0.39 is 5.54 Å². The summed E-state index contributed by atoms with van der Waals surface area (Å²) in [5.41, 5.74) is 2.67. The molecule has 194 valence electrons. The van der Waals surface area contributed by atoms with Crippen molar-refractivity contribution >= 4 is 12.1 Å². The lowest BCUT2D eigenvalue weighted by Gasteiger charge is -2.51. The number of carbonyl (C=O) groups is 2. The van der Waals surface area contributed by atoms with E-state index in [2.05, 4.69) is 29.6 Å². The van der Waals surface area contributed by atoms with Gasteiger partial charge in [-0.05, 0) is 49.8 Å². The summed E-state index contributed by atoms with van der Waals surface area (Å²) in [5, 5.41) is 3.14. The van der Waals surface area contributed by atoms with Gasteiger partial charge >= 0.3 is 12.1 Å². The van der Waals surface area contributed by atoms with E-state index in [0.29, 0.717) is 19.6 Å². The number of carbonyl (C=O) groups excluding carboxylic acids is 2. The van der Waals surface area contributed by atoms with Crippen LogP contribution in [0, 0.1) is 0 Å². The van der Waals surface area contributed by atoms with E-state index in [0.717, 1.165) is 30.4 Å². The van der Waals surface area contributed by atoms with E-state index in [-0.39, 0.29) is 24.8 Å². The van der Waals surface area contributed by atoms with Gasteiger partial charge < -0.3 is 19.9 Å². The predicted molar refractivity (Wildman–Crippen MR) is 146 cm³/mol. The van der Waals surface area contributed by atoms with Crippen LogP contribution in [0.4, 0.5) is 9.59 Å². The maximum absolute atomic E-state index is 13.5. The van der Waals surface area contributed by atoms with E-state index in [4.69, 9.17) is 4.74 Å². The van der Waals surface area contributed by atoms with Crippen LogP contribution < -0.4 is 5.32 Å². The highest BCUT2D eigenvalue weighted by atomic mass is 16.6. The van der Waals surface area contributed by atoms with Gasteiger partial charge in [-0.25, -0.2) is 9.59 Å². The van der Waals surface area contributed by atoms with Crippen LogP contribution in [0.2, 0.25) is 0 Å². The second kappa shape index (κ2) is 12.4. The molecule has 0 bridgehead atoms. The van der Waals surface area contributed by atoms with Crippen molar-refractivity contribution in [1.29, 1.82) is 0 Å². The van der Waals surface area contributed by atoms with E-state index in [1.54, 1.807) is 4.90 Å². The predicted octanol–water partition coefficient (Wildman–Crippen LogP) is 6.19. The standard InChI is InChI=1S/C31H37N3O3/c1-31(2)24-33(30(36)37-23-26-17-8-4-9-18-26)22-28(27-19-10-5-11-20-27)34(31)29(35)32-21-13-12-16-25-14-6-3-7-15-25/h3-11,14-15,17-20,28H,12-13,16,21-24H2,1-2H3,(H,32,35). The maximum atomic E-state index is 13.5. The van der Waals surface area contributed by atoms with Gasteiger partial charge in [-0.2, -0.15) is 0 Å². The zero-order chi connectivity index (χ0) is 26.1. The fraction of sp³-hybridized carbons (Fsp3) is 0.355. The van der Waals surface area contributed by atoms with Gasteiger partial charge in [-0.3, -0.25) is 0 Å². The van der Waals surface area contributed by atoms with Crippen LogP contribution in [0.3, 0.4) is 0 Å². The zero-order valence-corrected chi connectivity index (χ0v) is 21.8. The third-order valence-corrected chi connectivity index (χ3v) is 6.81. The number of urea groups is 1. The second-order valence-corrected chi connectivity index (χ2v) is 10.2. The summed E-state index contributed by atoms with van der Waals surface area (Å²) in [5.74, 6) is 0. The van der Waals surface area contributed by atoms with Crippen molar-refractivity contribution in [3.8, 4) is 0 Å². The Labute approximate surface area is 220 Å². The lowest BCUT2D eigenvalue weighted by molar-refractivity contribution is -0.00120. The van der Waals surface area contributed by atoms with Gasteiger partial charge in [-0.15, -0.1) is 0 Å². The highest BCUT2D eigenvalue weighted by Crippen LogP contribution is 2.35. The molecule has 3 aromatic carbocycles. The molecular weight excluding hydrogens is 462 g/mol. The number of rotatable bonds is 8. The quantitative estimate of drug-likeness (QED) is 0.376. The maximum Gasteiger partial charge on any atom is 0.410 e.